The minimum atomic E-state index is -0.355. The number of benzene rings is 2. The molecular formula is C18H17ClO4. The molecule has 0 aliphatic carbocycles. The smallest absolute Gasteiger partial charge is 0.189 e. The molecule has 0 heterocycles. The summed E-state index contributed by atoms with van der Waals surface area (Å²) in [4.78, 5) is 12.2. The Kier molecular flexibility index (Phi) is 5.29. The number of carbonyl (C=O) groups is 1. The number of phenols is 1. The Morgan fingerprint density at radius 2 is 1.83 bits per heavy atom. The Bertz CT molecular complexity index is 766. The molecule has 0 aliphatic rings. The molecule has 2 aromatic carbocycles. The van der Waals surface area contributed by atoms with Crippen LogP contribution in [-0.4, -0.2) is 25.1 Å². The van der Waals surface area contributed by atoms with Gasteiger partial charge in [0.25, 0.3) is 0 Å². The summed E-state index contributed by atoms with van der Waals surface area (Å²) < 4.78 is 10.6. The maximum absolute atomic E-state index is 12.2. The van der Waals surface area contributed by atoms with Crippen LogP contribution in [0.4, 0.5) is 0 Å². The first-order valence-corrected chi connectivity index (χ1v) is 7.27. The van der Waals surface area contributed by atoms with Crippen LogP contribution in [0.5, 0.6) is 17.2 Å². The first-order valence-electron chi connectivity index (χ1n) is 6.89. The van der Waals surface area contributed by atoms with Crippen LogP contribution >= 0.6 is 11.6 Å². The predicted molar refractivity (Wildman–Crippen MR) is 90.8 cm³/mol. The summed E-state index contributed by atoms with van der Waals surface area (Å²) in [5, 5.41) is 10.1. The van der Waals surface area contributed by atoms with Gasteiger partial charge in [0.05, 0.1) is 19.8 Å². The maximum atomic E-state index is 12.2. The second kappa shape index (κ2) is 7.20. The van der Waals surface area contributed by atoms with Gasteiger partial charge in [-0.1, -0.05) is 11.6 Å². The zero-order valence-electron chi connectivity index (χ0n) is 13.1. The average Bonchev–Trinajstić information content (AvgIpc) is 2.55. The Balaban J connectivity index is 2.36. The van der Waals surface area contributed by atoms with Crippen LogP contribution < -0.4 is 9.47 Å². The molecule has 1 N–H and O–H groups in total. The number of carbonyl (C=O) groups excluding carboxylic acids is 1. The van der Waals surface area contributed by atoms with Crippen molar-refractivity contribution in [2.45, 2.75) is 6.92 Å². The third kappa shape index (κ3) is 3.85. The lowest BCUT2D eigenvalue weighted by atomic mass is 10.1. The molecule has 5 heteroatoms. The lowest BCUT2D eigenvalue weighted by Gasteiger charge is -2.10. The summed E-state index contributed by atoms with van der Waals surface area (Å²) in [5.74, 6) is 0.857. The number of ketones is 1. The van der Waals surface area contributed by atoms with E-state index in [4.69, 9.17) is 21.1 Å². The van der Waals surface area contributed by atoms with Crippen molar-refractivity contribution in [3.05, 3.63) is 58.1 Å². The van der Waals surface area contributed by atoms with E-state index in [9.17, 15) is 9.90 Å². The number of allylic oxidation sites excluding steroid dienone is 1. The third-order valence-corrected chi connectivity index (χ3v) is 3.62. The first-order chi connectivity index (χ1) is 11.0. The average molecular weight is 333 g/mol. The summed E-state index contributed by atoms with van der Waals surface area (Å²) in [5.41, 5.74) is 1.77. The molecule has 0 saturated heterocycles. The van der Waals surface area contributed by atoms with E-state index < -0.39 is 0 Å². The largest absolute Gasteiger partial charge is 0.507 e. The van der Waals surface area contributed by atoms with Gasteiger partial charge in [-0.25, -0.2) is 0 Å². The molecule has 0 spiro atoms. The fraction of sp³-hybridized carbons (Fsp3) is 0.167. The highest BCUT2D eigenvalue weighted by atomic mass is 35.5. The molecule has 120 valence electrons. The van der Waals surface area contributed by atoms with Gasteiger partial charge in [0.2, 0.25) is 0 Å². The number of phenolic OH excluding ortho intramolecular Hbond substituents is 1. The van der Waals surface area contributed by atoms with Gasteiger partial charge in [-0.2, -0.15) is 0 Å². The maximum Gasteiger partial charge on any atom is 0.189 e. The summed E-state index contributed by atoms with van der Waals surface area (Å²) in [6, 6.07) is 7.95. The summed E-state index contributed by atoms with van der Waals surface area (Å²) in [7, 11) is 3.14. The van der Waals surface area contributed by atoms with Crippen LogP contribution in [0.15, 0.2) is 36.4 Å². The van der Waals surface area contributed by atoms with Crippen molar-refractivity contribution >= 4 is 23.5 Å². The second-order valence-electron chi connectivity index (χ2n) is 4.92. The van der Waals surface area contributed by atoms with Crippen LogP contribution in [0.1, 0.15) is 21.5 Å². The van der Waals surface area contributed by atoms with Crippen LogP contribution in [0.25, 0.3) is 6.08 Å². The topological polar surface area (TPSA) is 55.8 Å². The van der Waals surface area contributed by atoms with Crippen molar-refractivity contribution in [1.29, 1.82) is 0 Å². The Morgan fingerprint density at radius 3 is 2.48 bits per heavy atom. The fourth-order valence-electron chi connectivity index (χ4n) is 2.17. The van der Waals surface area contributed by atoms with E-state index in [2.05, 4.69) is 0 Å². The molecule has 2 rings (SSSR count). The van der Waals surface area contributed by atoms with E-state index in [1.165, 1.54) is 24.3 Å². The Morgan fingerprint density at radius 1 is 1.13 bits per heavy atom. The molecular weight excluding hydrogens is 316 g/mol. The molecule has 4 nitrogen and oxygen atoms in total. The lowest BCUT2D eigenvalue weighted by Crippen LogP contribution is -1.96. The molecule has 2 aromatic rings. The minimum absolute atomic E-state index is 0.113. The zero-order chi connectivity index (χ0) is 17.0. The van der Waals surface area contributed by atoms with Crippen LogP contribution in [-0.2, 0) is 0 Å². The van der Waals surface area contributed by atoms with Crippen LogP contribution in [0.2, 0.25) is 5.02 Å². The van der Waals surface area contributed by atoms with Gasteiger partial charge >= 0.3 is 0 Å². The van der Waals surface area contributed by atoms with Gasteiger partial charge in [-0.05, 0) is 55.0 Å². The predicted octanol–water partition coefficient (Wildman–Crippen LogP) is 4.27. The lowest BCUT2D eigenvalue weighted by molar-refractivity contribution is 0.104. The minimum Gasteiger partial charge on any atom is -0.507 e. The molecule has 23 heavy (non-hydrogen) atoms. The van der Waals surface area contributed by atoms with Crippen molar-refractivity contribution in [3.8, 4) is 17.2 Å². The van der Waals surface area contributed by atoms with Gasteiger partial charge < -0.3 is 14.6 Å². The molecule has 0 aromatic heterocycles. The van der Waals surface area contributed by atoms with Crippen molar-refractivity contribution < 1.29 is 19.4 Å². The van der Waals surface area contributed by atoms with Gasteiger partial charge in [-0.15, -0.1) is 0 Å². The van der Waals surface area contributed by atoms with Crippen molar-refractivity contribution in [2.75, 3.05) is 14.2 Å². The molecule has 0 unspecified atom stereocenters. The molecule has 0 atom stereocenters. The van der Waals surface area contributed by atoms with Crippen molar-refractivity contribution in [3.63, 3.8) is 0 Å². The molecule has 0 bridgehead atoms. The summed E-state index contributed by atoms with van der Waals surface area (Å²) in [6.07, 6.45) is 2.97. The van der Waals surface area contributed by atoms with E-state index in [1.807, 2.05) is 13.0 Å². The molecule has 0 saturated carbocycles. The second-order valence-corrected chi connectivity index (χ2v) is 5.36. The number of hydrogen-bond donors (Lipinski definition) is 1. The standard InChI is InChI=1S/C18H17ClO4/c1-11-8-18(23-3)12(9-17(11)22-2)4-6-15(20)14-10-13(19)5-7-16(14)21/h4-10,21H,1-3H3/b6-4+. The number of hydrogen-bond acceptors (Lipinski definition) is 4. The number of aryl methyl sites for hydroxylation is 1. The van der Waals surface area contributed by atoms with Crippen LogP contribution in [0.3, 0.4) is 0 Å². The van der Waals surface area contributed by atoms with Gasteiger partial charge in [0.1, 0.15) is 17.2 Å². The number of halogens is 1. The SMILES string of the molecule is COc1cc(/C=C/C(=O)c2cc(Cl)ccc2O)c(OC)cc1C. The Hall–Kier alpha value is -2.46. The van der Waals surface area contributed by atoms with Gasteiger partial charge in [0, 0.05) is 10.6 Å². The van der Waals surface area contributed by atoms with E-state index >= 15 is 0 Å². The van der Waals surface area contributed by atoms with Crippen molar-refractivity contribution in [2.24, 2.45) is 0 Å². The number of aromatic hydroxyl groups is 1. The van der Waals surface area contributed by atoms with E-state index in [-0.39, 0.29) is 17.1 Å². The summed E-state index contributed by atoms with van der Waals surface area (Å²) in [6.45, 7) is 1.91. The van der Waals surface area contributed by atoms with Gasteiger partial charge in [-0.3, -0.25) is 4.79 Å². The summed E-state index contributed by atoms with van der Waals surface area (Å²) >= 11 is 5.86. The molecule has 0 amide bonds. The monoisotopic (exact) mass is 332 g/mol. The zero-order valence-corrected chi connectivity index (χ0v) is 13.8. The number of rotatable bonds is 5. The van der Waals surface area contributed by atoms with E-state index in [0.717, 1.165) is 5.56 Å². The highest BCUT2D eigenvalue weighted by Gasteiger charge is 2.10. The van der Waals surface area contributed by atoms with Crippen molar-refractivity contribution in [1.82, 2.24) is 0 Å². The highest BCUT2D eigenvalue weighted by molar-refractivity contribution is 6.31. The van der Waals surface area contributed by atoms with Gasteiger partial charge in [0.15, 0.2) is 5.78 Å². The normalized spacial score (nSPS) is 10.8. The molecule has 0 radical (unpaired) electrons. The quantitative estimate of drug-likeness (QED) is 0.656. The molecule has 0 aliphatic heterocycles. The fourth-order valence-corrected chi connectivity index (χ4v) is 2.34. The third-order valence-electron chi connectivity index (χ3n) is 3.39. The first kappa shape index (κ1) is 16.9. The number of ether oxygens (including phenoxy) is 2. The highest BCUT2D eigenvalue weighted by Crippen LogP contribution is 2.29. The van der Waals surface area contributed by atoms with E-state index in [0.29, 0.717) is 22.1 Å². The number of methoxy groups -OCH3 is 2. The van der Waals surface area contributed by atoms with Crippen LogP contribution in [0, 0.1) is 6.92 Å². The molecule has 0 fully saturated rings. The Labute approximate surface area is 139 Å². The van der Waals surface area contributed by atoms with E-state index in [1.54, 1.807) is 26.4 Å².